The molecule has 2 saturated heterocycles. The minimum atomic E-state index is -0.303. The molecule has 3 heterocycles. The molecule has 0 aromatic heterocycles. The largest absolute Gasteiger partial charge is 0.466 e. The first-order chi connectivity index (χ1) is 15.5. The van der Waals surface area contributed by atoms with Crippen molar-refractivity contribution in [1.82, 2.24) is 10.2 Å². The van der Waals surface area contributed by atoms with Crippen molar-refractivity contribution in [3.8, 4) is 11.5 Å². The number of nitrogens with zero attached hydrogens (tertiary/aromatic N) is 1. The van der Waals surface area contributed by atoms with Crippen LogP contribution < -0.4 is 14.8 Å². The van der Waals surface area contributed by atoms with E-state index in [-0.39, 0.29) is 36.0 Å². The molecule has 1 aromatic rings. The Balaban J connectivity index is 1.36. The number of fused-ring (bicyclic) bond motifs is 1. The number of piperidine rings is 1. The third kappa shape index (κ3) is 4.86. The number of ether oxygens (including phenoxy) is 4. The van der Waals surface area contributed by atoms with Crippen LogP contribution in [-0.2, 0) is 24.5 Å². The van der Waals surface area contributed by atoms with Crippen LogP contribution in [0, 0.1) is 5.92 Å². The highest BCUT2D eigenvalue weighted by Gasteiger charge is 2.37. The van der Waals surface area contributed by atoms with Gasteiger partial charge in [-0.2, -0.15) is 0 Å². The van der Waals surface area contributed by atoms with Gasteiger partial charge in [-0.3, -0.25) is 9.59 Å². The van der Waals surface area contributed by atoms with Gasteiger partial charge in [0.2, 0.25) is 12.7 Å². The third-order valence-electron chi connectivity index (χ3n) is 6.98. The second-order valence-electron chi connectivity index (χ2n) is 8.91. The molecular formula is C24H34N2O6. The van der Waals surface area contributed by atoms with Gasteiger partial charge in [-0.25, -0.2) is 0 Å². The minimum Gasteiger partial charge on any atom is -0.466 e. The number of carbonyl (C=O) groups is 2. The van der Waals surface area contributed by atoms with E-state index in [1.54, 1.807) is 0 Å². The van der Waals surface area contributed by atoms with Gasteiger partial charge in [0, 0.05) is 38.3 Å². The molecule has 0 spiro atoms. The number of hydrogen-bond acceptors (Lipinski definition) is 7. The van der Waals surface area contributed by atoms with Crippen LogP contribution in [0.25, 0.3) is 0 Å². The molecule has 8 nitrogen and oxygen atoms in total. The van der Waals surface area contributed by atoms with E-state index in [1.165, 1.54) is 5.56 Å². The molecule has 0 aliphatic carbocycles. The lowest BCUT2D eigenvalue weighted by Gasteiger charge is -2.39. The van der Waals surface area contributed by atoms with Gasteiger partial charge < -0.3 is 29.2 Å². The lowest BCUT2D eigenvalue weighted by atomic mass is 9.74. The van der Waals surface area contributed by atoms with Crippen molar-refractivity contribution >= 4 is 11.9 Å². The molecule has 4 rings (SSSR count). The normalized spacial score (nSPS) is 21.2. The molecule has 2 fully saturated rings. The van der Waals surface area contributed by atoms with Gasteiger partial charge in [0.25, 0.3) is 0 Å². The summed E-state index contributed by atoms with van der Waals surface area (Å²) in [6.45, 7) is 7.65. The number of amides is 1. The first-order valence-corrected chi connectivity index (χ1v) is 11.7. The summed E-state index contributed by atoms with van der Waals surface area (Å²) in [7, 11) is 0. The van der Waals surface area contributed by atoms with Gasteiger partial charge in [-0.1, -0.05) is 6.07 Å². The second kappa shape index (κ2) is 10.1. The number of carbonyl (C=O) groups excluding carboxylic acids is 2. The quantitative estimate of drug-likeness (QED) is 0.643. The molecule has 1 atom stereocenters. The Morgan fingerprint density at radius 1 is 1.19 bits per heavy atom. The highest BCUT2D eigenvalue weighted by molar-refractivity contribution is 5.82. The van der Waals surface area contributed by atoms with E-state index in [9.17, 15) is 9.59 Å². The number of likely N-dealkylation sites (tertiary alicyclic amines) is 1. The maximum Gasteiger partial charge on any atom is 0.309 e. The first kappa shape index (κ1) is 22.9. The lowest BCUT2D eigenvalue weighted by Crippen LogP contribution is -2.52. The van der Waals surface area contributed by atoms with Crippen LogP contribution in [0.1, 0.15) is 45.1 Å². The van der Waals surface area contributed by atoms with E-state index in [0.717, 1.165) is 24.3 Å². The van der Waals surface area contributed by atoms with Crippen LogP contribution in [0.3, 0.4) is 0 Å². The van der Waals surface area contributed by atoms with Gasteiger partial charge in [0.15, 0.2) is 11.5 Å². The van der Waals surface area contributed by atoms with E-state index >= 15 is 0 Å². The smallest absolute Gasteiger partial charge is 0.309 e. The monoisotopic (exact) mass is 446 g/mol. The number of benzene rings is 1. The first-order valence-electron chi connectivity index (χ1n) is 11.7. The van der Waals surface area contributed by atoms with E-state index in [0.29, 0.717) is 52.3 Å². The SMILES string of the molecule is CCOC(=O)C1CCN(C(=O)C(C)NCC2(c3ccc4c(c3)OCO4)CCOCC2)CC1. The van der Waals surface area contributed by atoms with Crippen LogP contribution in [0.5, 0.6) is 11.5 Å². The topological polar surface area (TPSA) is 86.3 Å². The summed E-state index contributed by atoms with van der Waals surface area (Å²) >= 11 is 0. The highest BCUT2D eigenvalue weighted by atomic mass is 16.7. The van der Waals surface area contributed by atoms with Crippen LogP contribution in [0.15, 0.2) is 18.2 Å². The summed E-state index contributed by atoms with van der Waals surface area (Å²) < 4.78 is 21.8. The van der Waals surface area contributed by atoms with Gasteiger partial charge >= 0.3 is 5.97 Å². The van der Waals surface area contributed by atoms with E-state index in [2.05, 4.69) is 17.4 Å². The van der Waals surface area contributed by atoms with Gasteiger partial charge in [-0.05, 0) is 57.2 Å². The molecule has 0 saturated carbocycles. The zero-order chi connectivity index (χ0) is 22.6. The Labute approximate surface area is 189 Å². The molecule has 3 aliphatic rings. The summed E-state index contributed by atoms with van der Waals surface area (Å²) in [6, 6.07) is 5.84. The van der Waals surface area contributed by atoms with Crippen LogP contribution in [0.2, 0.25) is 0 Å². The van der Waals surface area contributed by atoms with Crippen molar-refractivity contribution in [2.75, 3.05) is 46.2 Å². The molecule has 8 heteroatoms. The van der Waals surface area contributed by atoms with Gasteiger partial charge in [-0.15, -0.1) is 0 Å². The molecule has 1 unspecified atom stereocenters. The number of rotatable bonds is 7. The van der Waals surface area contributed by atoms with Gasteiger partial charge in [0.05, 0.1) is 18.6 Å². The van der Waals surface area contributed by atoms with Crippen molar-refractivity contribution in [2.24, 2.45) is 5.92 Å². The standard InChI is InChI=1S/C24H34N2O6/c1-3-30-23(28)18-6-10-26(11-7-18)22(27)17(2)25-15-24(8-12-29-13-9-24)19-4-5-20-21(14-19)32-16-31-20/h4-5,14,17-18,25H,3,6-13,15-16H2,1-2H3. The number of nitrogens with one attached hydrogen (secondary N) is 1. The molecule has 0 bridgehead atoms. The third-order valence-corrected chi connectivity index (χ3v) is 6.98. The molecule has 0 radical (unpaired) electrons. The fraction of sp³-hybridized carbons (Fsp3) is 0.667. The van der Waals surface area contributed by atoms with Crippen molar-refractivity contribution in [3.05, 3.63) is 23.8 Å². The summed E-state index contributed by atoms with van der Waals surface area (Å²) in [6.07, 6.45) is 3.09. The van der Waals surface area contributed by atoms with Crippen LogP contribution >= 0.6 is 0 Å². The molecular weight excluding hydrogens is 412 g/mol. The predicted octanol–water partition coefficient (Wildman–Crippen LogP) is 2.24. The average Bonchev–Trinajstić information content (AvgIpc) is 3.31. The van der Waals surface area contributed by atoms with E-state index in [4.69, 9.17) is 18.9 Å². The Morgan fingerprint density at radius 3 is 2.62 bits per heavy atom. The average molecular weight is 447 g/mol. The second-order valence-corrected chi connectivity index (χ2v) is 8.91. The Hall–Kier alpha value is -2.32. The zero-order valence-electron chi connectivity index (χ0n) is 19.1. The lowest BCUT2D eigenvalue weighted by molar-refractivity contribution is -0.151. The van der Waals surface area contributed by atoms with Crippen molar-refractivity contribution in [1.29, 1.82) is 0 Å². The molecule has 1 amide bonds. The number of esters is 1. The highest BCUT2D eigenvalue weighted by Crippen LogP contribution is 2.40. The number of hydrogen-bond donors (Lipinski definition) is 1. The Bertz CT molecular complexity index is 815. The summed E-state index contributed by atoms with van der Waals surface area (Å²) in [4.78, 5) is 26.9. The summed E-state index contributed by atoms with van der Waals surface area (Å²) in [5.41, 5.74) is 1.07. The Morgan fingerprint density at radius 2 is 1.91 bits per heavy atom. The fourth-order valence-corrected chi connectivity index (χ4v) is 4.86. The van der Waals surface area contributed by atoms with Gasteiger partial charge in [0.1, 0.15) is 0 Å². The molecule has 3 aliphatic heterocycles. The molecule has 1 N–H and O–H groups in total. The zero-order valence-corrected chi connectivity index (χ0v) is 19.1. The maximum absolute atomic E-state index is 13.1. The van der Waals surface area contributed by atoms with Crippen LogP contribution in [0.4, 0.5) is 0 Å². The Kier molecular flexibility index (Phi) is 7.20. The maximum atomic E-state index is 13.1. The fourth-order valence-electron chi connectivity index (χ4n) is 4.86. The van der Waals surface area contributed by atoms with Crippen molar-refractivity contribution in [3.63, 3.8) is 0 Å². The van der Waals surface area contributed by atoms with Crippen LogP contribution in [-0.4, -0.2) is 69.1 Å². The van der Waals surface area contributed by atoms with Crippen molar-refractivity contribution in [2.45, 2.75) is 51.0 Å². The predicted molar refractivity (Wildman–Crippen MR) is 118 cm³/mol. The minimum absolute atomic E-state index is 0.0835. The molecule has 1 aromatic carbocycles. The molecule has 176 valence electrons. The van der Waals surface area contributed by atoms with E-state index in [1.807, 2.05) is 24.8 Å². The van der Waals surface area contributed by atoms with E-state index < -0.39 is 0 Å². The van der Waals surface area contributed by atoms with Crippen molar-refractivity contribution < 1.29 is 28.5 Å². The summed E-state index contributed by atoms with van der Waals surface area (Å²) in [5, 5.41) is 3.50. The summed E-state index contributed by atoms with van der Waals surface area (Å²) in [5.74, 6) is 1.40. The molecule has 32 heavy (non-hydrogen) atoms.